The van der Waals surface area contributed by atoms with Gasteiger partial charge in [-0.1, -0.05) is 23.8 Å². The molecule has 1 N–H and O–H groups in total. The predicted octanol–water partition coefficient (Wildman–Crippen LogP) is 4.40. The molecule has 2 aromatic heterocycles. The highest BCUT2D eigenvalue weighted by Crippen LogP contribution is 2.30. The van der Waals surface area contributed by atoms with E-state index in [1.165, 1.54) is 5.56 Å². The molecular formula is C22H24N4O. The van der Waals surface area contributed by atoms with Crippen LogP contribution >= 0.6 is 0 Å². The average molecular weight is 360 g/mol. The van der Waals surface area contributed by atoms with Gasteiger partial charge in [0.2, 0.25) is 0 Å². The van der Waals surface area contributed by atoms with Crippen LogP contribution in [0.5, 0.6) is 0 Å². The van der Waals surface area contributed by atoms with Crippen molar-refractivity contribution in [3.8, 4) is 11.6 Å². The van der Waals surface area contributed by atoms with Gasteiger partial charge in [0.1, 0.15) is 11.4 Å². The molecule has 4 rings (SSSR count). The van der Waals surface area contributed by atoms with Gasteiger partial charge in [0, 0.05) is 24.4 Å². The van der Waals surface area contributed by atoms with Crippen molar-refractivity contribution in [1.82, 2.24) is 15.3 Å². The summed E-state index contributed by atoms with van der Waals surface area (Å²) in [7, 11) is 4.05. The number of benzene rings is 2. The van der Waals surface area contributed by atoms with Gasteiger partial charge in [-0.3, -0.25) is 0 Å². The molecule has 138 valence electrons. The van der Waals surface area contributed by atoms with Crippen LogP contribution in [-0.4, -0.2) is 37.2 Å². The molecule has 2 heterocycles. The maximum absolute atomic E-state index is 6.04. The average Bonchev–Trinajstić information content (AvgIpc) is 3.10. The van der Waals surface area contributed by atoms with Crippen LogP contribution < -0.4 is 10.2 Å². The Morgan fingerprint density at radius 1 is 1.07 bits per heavy atom. The Balaban J connectivity index is 1.80. The van der Waals surface area contributed by atoms with Gasteiger partial charge in [0.15, 0.2) is 11.6 Å². The Bertz CT molecular complexity index is 1090. The minimum Gasteiger partial charge on any atom is -0.453 e. The number of para-hydroxylation sites is 1. The zero-order chi connectivity index (χ0) is 18.8. The molecule has 0 fully saturated rings. The Kier molecular flexibility index (Phi) is 4.77. The summed E-state index contributed by atoms with van der Waals surface area (Å²) >= 11 is 0. The second-order valence-corrected chi connectivity index (χ2v) is 6.92. The standard InChI is InChI=1S/C22H24N4O/c1-15-9-10-19-16(13-15)14-20(27-19)21-24-18-8-5-4-7-17(18)22(25-21)26(3)12-6-11-23-2/h4-5,7-10,13-14,23H,6,11-12H2,1-3H3. The fraction of sp³-hybridized carbons (Fsp3) is 0.273. The molecule has 0 bridgehead atoms. The summed E-state index contributed by atoms with van der Waals surface area (Å²) in [4.78, 5) is 11.8. The van der Waals surface area contributed by atoms with E-state index in [9.17, 15) is 0 Å². The van der Waals surface area contributed by atoms with E-state index in [-0.39, 0.29) is 0 Å². The highest BCUT2D eigenvalue weighted by atomic mass is 16.3. The lowest BCUT2D eigenvalue weighted by Gasteiger charge is -2.20. The van der Waals surface area contributed by atoms with E-state index in [2.05, 4.69) is 42.4 Å². The first-order valence-electron chi connectivity index (χ1n) is 9.29. The van der Waals surface area contributed by atoms with E-state index in [0.29, 0.717) is 11.6 Å². The Morgan fingerprint density at radius 2 is 1.93 bits per heavy atom. The predicted molar refractivity (Wildman–Crippen MR) is 111 cm³/mol. The van der Waals surface area contributed by atoms with Crippen molar-refractivity contribution in [3.05, 3.63) is 54.1 Å². The summed E-state index contributed by atoms with van der Waals surface area (Å²) in [6, 6.07) is 16.3. The largest absolute Gasteiger partial charge is 0.453 e. The molecule has 0 radical (unpaired) electrons. The number of hydrogen-bond acceptors (Lipinski definition) is 5. The molecule has 0 spiro atoms. The summed E-state index contributed by atoms with van der Waals surface area (Å²) < 4.78 is 6.04. The van der Waals surface area contributed by atoms with Gasteiger partial charge in [-0.15, -0.1) is 0 Å². The zero-order valence-corrected chi connectivity index (χ0v) is 16.0. The number of anilines is 1. The third kappa shape index (κ3) is 3.51. The van der Waals surface area contributed by atoms with E-state index in [0.717, 1.165) is 47.2 Å². The first kappa shape index (κ1) is 17.5. The molecule has 4 aromatic rings. The van der Waals surface area contributed by atoms with Gasteiger partial charge in [-0.2, -0.15) is 0 Å². The van der Waals surface area contributed by atoms with E-state index >= 15 is 0 Å². The molecular weight excluding hydrogens is 336 g/mol. The molecule has 0 aliphatic heterocycles. The summed E-state index contributed by atoms with van der Waals surface area (Å²) in [5.74, 6) is 2.26. The maximum Gasteiger partial charge on any atom is 0.198 e. The first-order valence-corrected chi connectivity index (χ1v) is 9.29. The lowest BCUT2D eigenvalue weighted by molar-refractivity contribution is 0.625. The van der Waals surface area contributed by atoms with E-state index < -0.39 is 0 Å². The van der Waals surface area contributed by atoms with Crippen LogP contribution in [0.4, 0.5) is 5.82 Å². The molecule has 0 aliphatic carbocycles. The third-order valence-electron chi connectivity index (χ3n) is 4.76. The highest BCUT2D eigenvalue weighted by Gasteiger charge is 2.15. The van der Waals surface area contributed by atoms with Crippen LogP contribution in [0.3, 0.4) is 0 Å². The van der Waals surface area contributed by atoms with Gasteiger partial charge in [0.05, 0.1) is 5.52 Å². The Hall–Kier alpha value is -2.92. The van der Waals surface area contributed by atoms with Gasteiger partial charge in [-0.05, 0) is 57.3 Å². The number of rotatable bonds is 6. The zero-order valence-electron chi connectivity index (χ0n) is 16.0. The molecule has 0 atom stereocenters. The van der Waals surface area contributed by atoms with Crippen molar-refractivity contribution < 1.29 is 4.42 Å². The number of fused-ring (bicyclic) bond motifs is 2. The molecule has 0 unspecified atom stereocenters. The summed E-state index contributed by atoms with van der Waals surface area (Å²) in [6.07, 6.45) is 1.05. The van der Waals surface area contributed by atoms with Gasteiger partial charge < -0.3 is 14.6 Å². The number of aromatic nitrogens is 2. The molecule has 5 heteroatoms. The van der Waals surface area contributed by atoms with Crippen LogP contribution in [0, 0.1) is 6.92 Å². The van der Waals surface area contributed by atoms with Crippen molar-refractivity contribution >= 4 is 27.7 Å². The van der Waals surface area contributed by atoms with E-state index in [1.54, 1.807) is 0 Å². The van der Waals surface area contributed by atoms with Crippen LogP contribution in [0.25, 0.3) is 33.5 Å². The Morgan fingerprint density at radius 3 is 2.78 bits per heavy atom. The first-order chi connectivity index (χ1) is 13.2. The van der Waals surface area contributed by atoms with Crippen molar-refractivity contribution in [1.29, 1.82) is 0 Å². The van der Waals surface area contributed by atoms with Crippen molar-refractivity contribution in [2.75, 3.05) is 32.1 Å². The van der Waals surface area contributed by atoms with Gasteiger partial charge in [-0.25, -0.2) is 9.97 Å². The quantitative estimate of drug-likeness (QED) is 0.517. The van der Waals surface area contributed by atoms with E-state index in [1.807, 2.05) is 37.4 Å². The monoisotopic (exact) mass is 360 g/mol. The number of nitrogens with one attached hydrogen (secondary N) is 1. The number of aryl methyl sites for hydroxylation is 1. The lowest BCUT2D eigenvalue weighted by Crippen LogP contribution is -2.23. The maximum atomic E-state index is 6.04. The fourth-order valence-corrected chi connectivity index (χ4v) is 3.33. The minimum absolute atomic E-state index is 0.623. The second-order valence-electron chi connectivity index (χ2n) is 6.92. The summed E-state index contributed by atoms with van der Waals surface area (Å²) in [6.45, 7) is 3.97. The smallest absolute Gasteiger partial charge is 0.198 e. The molecule has 27 heavy (non-hydrogen) atoms. The molecule has 0 saturated carbocycles. The van der Waals surface area contributed by atoms with Crippen LogP contribution in [0.15, 0.2) is 52.9 Å². The molecule has 5 nitrogen and oxygen atoms in total. The second kappa shape index (κ2) is 7.37. The minimum atomic E-state index is 0.623. The number of hydrogen-bond donors (Lipinski definition) is 1. The molecule has 0 aliphatic rings. The lowest BCUT2D eigenvalue weighted by atomic mass is 10.2. The highest BCUT2D eigenvalue weighted by molar-refractivity contribution is 5.91. The molecule has 0 saturated heterocycles. The van der Waals surface area contributed by atoms with Crippen LogP contribution in [0.2, 0.25) is 0 Å². The van der Waals surface area contributed by atoms with Crippen LogP contribution in [0.1, 0.15) is 12.0 Å². The Labute approximate surface area is 159 Å². The third-order valence-corrected chi connectivity index (χ3v) is 4.76. The summed E-state index contributed by atoms with van der Waals surface area (Å²) in [5.41, 5.74) is 2.99. The number of nitrogens with zero attached hydrogens (tertiary/aromatic N) is 3. The molecule has 0 amide bonds. The normalized spacial score (nSPS) is 11.4. The van der Waals surface area contributed by atoms with Crippen molar-refractivity contribution in [3.63, 3.8) is 0 Å². The SMILES string of the molecule is CNCCCN(C)c1nc(-c2cc3cc(C)ccc3o2)nc2ccccc12. The van der Waals surface area contributed by atoms with Gasteiger partial charge >= 0.3 is 0 Å². The van der Waals surface area contributed by atoms with E-state index in [4.69, 9.17) is 14.4 Å². The fourth-order valence-electron chi connectivity index (χ4n) is 3.33. The van der Waals surface area contributed by atoms with Gasteiger partial charge in [0.25, 0.3) is 0 Å². The van der Waals surface area contributed by atoms with Crippen molar-refractivity contribution in [2.45, 2.75) is 13.3 Å². The summed E-state index contributed by atoms with van der Waals surface area (Å²) in [5, 5.41) is 5.32. The molecule has 2 aromatic carbocycles. The number of furan rings is 1. The van der Waals surface area contributed by atoms with Crippen molar-refractivity contribution in [2.24, 2.45) is 0 Å². The topological polar surface area (TPSA) is 54.2 Å². The van der Waals surface area contributed by atoms with Crippen LogP contribution in [-0.2, 0) is 0 Å².